The molecule has 0 bridgehead atoms. The SMILES string of the molecule is CNC(C)(C)CNC1CCC(C)C1. The zero-order chi connectivity index (χ0) is 9.90. The molecule has 1 aliphatic carbocycles. The third-order valence-corrected chi connectivity index (χ3v) is 3.20. The Morgan fingerprint density at radius 2 is 2.00 bits per heavy atom. The molecule has 1 rings (SSSR count). The van der Waals surface area contributed by atoms with Gasteiger partial charge in [-0.2, -0.15) is 0 Å². The van der Waals surface area contributed by atoms with Crippen LogP contribution in [0.3, 0.4) is 0 Å². The molecular formula is C11H24N2. The summed E-state index contributed by atoms with van der Waals surface area (Å²) in [7, 11) is 2.03. The fourth-order valence-corrected chi connectivity index (χ4v) is 1.88. The van der Waals surface area contributed by atoms with Crippen LogP contribution in [0.15, 0.2) is 0 Å². The molecule has 2 N–H and O–H groups in total. The second-order valence-electron chi connectivity index (χ2n) is 5.13. The second kappa shape index (κ2) is 4.43. The van der Waals surface area contributed by atoms with Crippen molar-refractivity contribution in [3.63, 3.8) is 0 Å². The lowest BCUT2D eigenvalue weighted by molar-refractivity contribution is 0.363. The van der Waals surface area contributed by atoms with E-state index in [1.54, 1.807) is 0 Å². The van der Waals surface area contributed by atoms with Crippen LogP contribution in [0, 0.1) is 5.92 Å². The maximum Gasteiger partial charge on any atom is 0.0246 e. The standard InChI is InChI=1S/C11H24N2/c1-9-5-6-10(7-9)13-8-11(2,3)12-4/h9-10,12-13H,5-8H2,1-4H3. The minimum absolute atomic E-state index is 0.228. The lowest BCUT2D eigenvalue weighted by Gasteiger charge is -2.26. The first-order valence-electron chi connectivity index (χ1n) is 5.46. The third-order valence-electron chi connectivity index (χ3n) is 3.20. The highest BCUT2D eigenvalue weighted by Crippen LogP contribution is 2.24. The van der Waals surface area contributed by atoms with E-state index in [0.29, 0.717) is 0 Å². The number of likely N-dealkylation sites (N-methyl/N-ethyl adjacent to an activating group) is 1. The van der Waals surface area contributed by atoms with Crippen molar-refractivity contribution in [2.45, 2.75) is 51.6 Å². The van der Waals surface area contributed by atoms with Gasteiger partial charge in [0.2, 0.25) is 0 Å². The van der Waals surface area contributed by atoms with Crippen LogP contribution in [0.2, 0.25) is 0 Å². The average Bonchev–Trinajstić information content (AvgIpc) is 2.48. The molecule has 0 saturated heterocycles. The molecule has 1 aliphatic rings. The Morgan fingerprint density at radius 3 is 2.46 bits per heavy atom. The van der Waals surface area contributed by atoms with Gasteiger partial charge in [-0.1, -0.05) is 6.92 Å². The van der Waals surface area contributed by atoms with Crippen molar-refractivity contribution >= 4 is 0 Å². The highest BCUT2D eigenvalue weighted by Gasteiger charge is 2.23. The first kappa shape index (κ1) is 11.0. The van der Waals surface area contributed by atoms with Gasteiger partial charge in [-0.25, -0.2) is 0 Å². The van der Waals surface area contributed by atoms with Gasteiger partial charge in [-0.15, -0.1) is 0 Å². The predicted octanol–water partition coefficient (Wildman–Crippen LogP) is 1.76. The summed E-state index contributed by atoms with van der Waals surface area (Å²) in [5, 5.41) is 6.95. The zero-order valence-electron chi connectivity index (χ0n) is 9.48. The largest absolute Gasteiger partial charge is 0.314 e. The van der Waals surface area contributed by atoms with Gasteiger partial charge in [-0.3, -0.25) is 0 Å². The van der Waals surface area contributed by atoms with E-state index in [9.17, 15) is 0 Å². The topological polar surface area (TPSA) is 24.1 Å². The van der Waals surface area contributed by atoms with E-state index in [1.165, 1.54) is 19.3 Å². The first-order valence-corrected chi connectivity index (χ1v) is 5.46. The van der Waals surface area contributed by atoms with Crippen LogP contribution in [-0.4, -0.2) is 25.2 Å². The molecule has 0 radical (unpaired) electrons. The molecule has 0 amide bonds. The highest BCUT2D eigenvalue weighted by molar-refractivity contribution is 4.84. The lowest BCUT2D eigenvalue weighted by Crippen LogP contribution is -2.48. The fraction of sp³-hybridized carbons (Fsp3) is 1.00. The number of hydrogen-bond acceptors (Lipinski definition) is 2. The molecule has 0 heterocycles. The molecule has 2 heteroatoms. The van der Waals surface area contributed by atoms with E-state index < -0.39 is 0 Å². The van der Waals surface area contributed by atoms with Gasteiger partial charge < -0.3 is 10.6 Å². The molecule has 0 aromatic heterocycles. The molecule has 2 atom stereocenters. The minimum atomic E-state index is 0.228. The Morgan fingerprint density at radius 1 is 1.31 bits per heavy atom. The Bertz CT molecular complexity index is 154. The van der Waals surface area contributed by atoms with Crippen molar-refractivity contribution < 1.29 is 0 Å². The summed E-state index contributed by atoms with van der Waals surface area (Å²) in [5.74, 6) is 0.926. The molecule has 1 fully saturated rings. The second-order valence-corrected chi connectivity index (χ2v) is 5.13. The van der Waals surface area contributed by atoms with Gasteiger partial charge in [0.1, 0.15) is 0 Å². The van der Waals surface area contributed by atoms with Gasteiger partial charge in [0.25, 0.3) is 0 Å². The molecule has 2 nitrogen and oxygen atoms in total. The van der Waals surface area contributed by atoms with Crippen molar-refractivity contribution in [1.29, 1.82) is 0 Å². The summed E-state index contributed by atoms with van der Waals surface area (Å²) in [5.41, 5.74) is 0.228. The average molecular weight is 184 g/mol. The Kier molecular flexibility index (Phi) is 3.74. The number of rotatable bonds is 4. The minimum Gasteiger partial charge on any atom is -0.314 e. The van der Waals surface area contributed by atoms with Crippen LogP contribution in [0.1, 0.15) is 40.0 Å². The van der Waals surface area contributed by atoms with Crippen molar-refractivity contribution in [2.75, 3.05) is 13.6 Å². The van der Waals surface area contributed by atoms with Gasteiger partial charge >= 0.3 is 0 Å². The van der Waals surface area contributed by atoms with Crippen LogP contribution < -0.4 is 10.6 Å². The summed E-state index contributed by atoms with van der Waals surface area (Å²) >= 11 is 0. The monoisotopic (exact) mass is 184 g/mol. The van der Waals surface area contributed by atoms with E-state index in [0.717, 1.165) is 18.5 Å². The summed E-state index contributed by atoms with van der Waals surface area (Å²) < 4.78 is 0. The van der Waals surface area contributed by atoms with Crippen molar-refractivity contribution in [2.24, 2.45) is 5.92 Å². The predicted molar refractivity (Wildman–Crippen MR) is 57.9 cm³/mol. The Labute approximate surface area is 82.5 Å². The quantitative estimate of drug-likeness (QED) is 0.696. The van der Waals surface area contributed by atoms with Crippen LogP contribution in [-0.2, 0) is 0 Å². The van der Waals surface area contributed by atoms with Crippen molar-refractivity contribution in [3.05, 3.63) is 0 Å². The summed E-state index contributed by atoms with van der Waals surface area (Å²) in [6, 6.07) is 0.766. The maximum absolute atomic E-state index is 3.64. The fourth-order valence-electron chi connectivity index (χ4n) is 1.88. The first-order chi connectivity index (χ1) is 6.03. The van der Waals surface area contributed by atoms with Gasteiger partial charge in [-0.05, 0) is 46.1 Å². The van der Waals surface area contributed by atoms with Gasteiger partial charge in [0.05, 0.1) is 0 Å². The maximum atomic E-state index is 3.64. The molecule has 0 aromatic carbocycles. The third kappa shape index (κ3) is 3.65. The summed E-state index contributed by atoms with van der Waals surface area (Å²) in [4.78, 5) is 0. The molecule has 0 spiro atoms. The van der Waals surface area contributed by atoms with Crippen molar-refractivity contribution in [1.82, 2.24) is 10.6 Å². The highest BCUT2D eigenvalue weighted by atomic mass is 15.0. The van der Waals surface area contributed by atoms with Crippen LogP contribution in [0.5, 0.6) is 0 Å². The molecule has 2 unspecified atom stereocenters. The molecule has 0 aromatic rings. The van der Waals surface area contributed by atoms with E-state index in [4.69, 9.17) is 0 Å². The molecule has 13 heavy (non-hydrogen) atoms. The van der Waals surface area contributed by atoms with Gasteiger partial charge in [0, 0.05) is 18.1 Å². The molecular weight excluding hydrogens is 160 g/mol. The smallest absolute Gasteiger partial charge is 0.0246 e. The molecule has 1 saturated carbocycles. The summed E-state index contributed by atoms with van der Waals surface area (Å²) in [6.45, 7) is 7.89. The van der Waals surface area contributed by atoms with Crippen LogP contribution in [0.25, 0.3) is 0 Å². The molecule has 0 aliphatic heterocycles. The van der Waals surface area contributed by atoms with E-state index in [-0.39, 0.29) is 5.54 Å². The number of nitrogens with one attached hydrogen (secondary N) is 2. The molecule has 78 valence electrons. The van der Waals surface area contributed by atoms with Crippen molar-refractivity contribution in [3.8, 4) is 0 Å². The lowest BCUT2D eigenvalue weighted by atomic mass is 10.1. The van der Waals surface area contributed by atoms with E-state index >= 15 is 0 Å². The van der Waals surface area contributed by atoms with E-state index in [1.807, 2.05) is 7.05 Å². The Hall–Kier alpha value is -0.0800. The summed E-state index contributed by atoms with van der Waals surface area (Å²) in [6.07, 6.45) is 4.12. The zero-order valence-corrected chi connectivity index (χ0v) is 9.48. The van der Waals surface area contributed by atoms with Gasteiger partial charge in [0.15, 0.2) is 0 Å². The number of hydrogen-bond donors (Lipinski definition) is 2. The normalized spacial score (nSPS) is 29.5. The van der Waals surface area contributed by atoms with Crippen LogP contribution >= 0.6 is 0 Å². The Balaban J connectivity index is 2.19. The van der Waals surface area contributed by atoms with Crippen LogP contribution in [0.4, 0.5) is 0 Å². The van der Waals surface area contributed by atoms with E-state index in [2.05, 4.69) is 31.4 Å².